The van der Waals surface area contributed by atoms with Gasteiger partial charge < -0.3 is 18.3 Å². The lowest BCUT2D eigenvalue weighted by atomic mass is 9.35. The largest absolute Gasteiger partial charge is 0.458 e. The maximum absolute atomic E-state index is 6.76. The molecule has 4 aromatic heterocycles. The Bertz CT molecular complexity index is 2990. The Morgan fingerprint density at radius 2 is 0.787 bits per heavy atom. The van der Waals surface area contributed by atoms with Gasteiger partial charge in [0, 0.05) is 48.6 Å². The van der Waals surface area contributed by atoms with Gasteiger partial charge in [0.25, 0.3) is 6.71 Å². The van der Waals surface area contributed by atoms with Crippen LogP contribution in [0.5, 0.6) is 23.0 Å². The maximum Gasteiger partial charge on any atom is 0.260 e. The van der Waals surface area contributed by atoms with Crippen molar-refractivity contribution in [1.82, 2.24) is 8.80 Å². The van der Waals surface area contributed by atoms with Gasteiger partial charge >= 0.3 is 0 Å². The highest BCUT2D eigenvalue weighted by Crippen LogP contribution is 2.44. The molecule has 13 rings (SSSR count). The molecule has 0 saturated carbocycles. The summed E-state index contributed by atoms with van der Waals surface area (Å²) < 4.78 is 18.4. The fourth-order valence-electron chi connectivity index (χ4n) is 9.27. The van der Waals surface area contributed by atoms with Crippen LogP contribution in [-0.2, 0) is 0 Å². The molecule has 4 nitrogen and oxygen atoms in total. The minimum Gasteiger partial charge on any atom is -0.458 e. The summed E-state index contributed by atoms with van der Waals surface area (Å²) in [5.74, 6) is 3.56. The Hall–Kier alpha value is -6.20. The van der Waals surface area contributed by atoms with E-state index in [1.165, 1.54) is 87.1 Å². The first kappa shape index (κ1) is 23.2. The average molecular weight is 596 g/mol. The monoisotopic (exact) mass is 596 g/mol. The number of fused-ring (bicyclic) bond motifs is 16. The zero-order chi connectivity index (χ0) is 30.1. The third-order valence-corrected chi connectivity index (χ3v) is 11.1. The predicted molar refractivity (Wildman–Crippen MR) is 193 cm³/mol. The van der Waals surface area contributed by atoms with Crippen molar-refractivity contribution in [2.24, 2.45) is 0 Å². The van der Waals surface area contributed by atoms with Gasteiger partial charge in [0.05, 0.1) is 33.1 Å². The van der Waals surface area contributed by atoms with Crippen LogP contribution in [0.15, 0.2) is 127 Å². The highest BCUT2D eigenvalue weighted by Gasteiger charge is 2.41. The van der Waals surface area contributed by atoms with Crippen LogP contribution in [0.2, 0.25) is 0 Å². The van der Waals surface area contributed by atoms with Gasteiger partial charge in [-0.3, -0.25) is 0 Å². The van der Waals surface area contributed by atoms with Gasteiger partial charge in [-0.2, -0.15) is 0 Å². The third kappa shape index (κ3) is 2.54. The molecule has 0 saturated heterocycles. The van der Waals surface area contributed by atoms with E-state index in [1.54, 1.807) is 0 Å². The molecular formula is C42H21BN2O2. The zero-order valence-corrected chi connectivity index (χ0v) is 24.9. The van der Waals surface area contributed by atoms with Gasteiger partial charge in [-0.15, -0.1) is 0 Å². The smallest absolute Gasteiger partial charge is 0.260 e. The molecule has 0 radical (unpaired) electrons. The molecule has 6 heterocycles. The minimum absolute atomic E-state index is 0.0358. The molecule has 2 aliphatic heterocycles. The van der Waals surface area contributed by atoms with Crippen molar-refractivity contribution >= 4 is 99.3 Å². The first-order valence-electron chi connectivity index (χ1n) is 16.2. The van der Waals surface area contributed by atoms with Gasteiger partial charge in [-0.1, -0.05) is 78.9 Å². The van der Waals surface area contributed by atoms with E-state index in [4.69, 9.17) is 9.47 Å². The van der Waals surface area contributed by atoms with Crippen LogP contribution in [0, 0.1) is 0 Å². The molecule has 11 aromatic rings. The molecule has 47 heavy (non-hydrogen) atoms. The lowest BCUT2D eigenvalue weighted by Gasteiger charge is -2.33. The Morgan fingerprint density at radius 1 is 0.362 bits per heavy atom. The summed E-state index contributed by atoms with van der Waals surface area (Å²) in [5.41, 5.74) is 10.9. The zero-order valence-electron chi connectivity index (χ0n) is 24.9. The predicted octanol–water partition coefficient (Wildman–Crippen LogP) is 8.71. The van der Waals surface area contributed by atoms with Crippen LogP contribution in [0.3, 0.4) is 0 Å². The second-order valence-electron chi connectivity index (χ2n) is 13.2. The highest BCUT2D eigenvalue weighted by molar-refractivity contribution is 6.98. The maximum atomic E-state index is 6.76. The van der Waals surface area contributed by atoms with Crippen LogP contribution >= 0.6 is 0 Å². The molecule has 0 spiro atoms. The van der Waals surface area contributed by atoms with Gasteiger partial charge in [-0.25, -0.2) is 0 Å². The van der Waals surface area contributed by atoms with Gasteiger partial charge in [-0.05, 0) is 59.5 Å². The van der Waals surface area contributed by atoms with Crippen LogP contribution in [0.1, 0.15) is 0 Å². The summed E-state index contributed by atoms with van der Waals surface area (Å²) in [4.78, 5) is 0. The van der Waals surface area contributed by atoms with Gasteiger partial charge in [0.2, 0.25) is 0 Å². The minimum atomic E-state index is -0.0358. The average Bonchev–Trinajstić information content (AvgIpc) is 3.83. The fraction of sp³-hybridized carbons (Fsp3) is 0. The third-order valence-electron chi connectivity index (χ3n) is 11.1. The molecule has 5 heteroatoms. The highest BCUT2D eigenvalue weighted by atomic mass is 16.5. The SMILES string of the molecule is c1cc2c3c(c1)Oc1cc4c5cccc6c7ccccc7n(c4cc1B3c1cc3c(cc1O2)c1cccc2c4ccccc4n3c21)c65. The van der Waals surface area contributed by atoms with Crippen LogP contribution < -0.4 is 25.9 Å². The molecule has 0 fully saturated rings. The molecule has 0 aliphatic carbocycles. The van der Waals surface area contributed by atoms with E-state index < -0.39 is 0 Å². The summed E-state index contributed by atoms with van der Waals surface area (Å²) in [7, 11) is 0. The number of ether oxygens (including phenoxy) is 2. The van der Waals surface area contributed by atoms with E-state index in [9.17, 15) is 0 Å². The number of hydrogen-bond acceptors (Lipinski definition) is 2. The Balaban J connectivity index is 1.17. The molecule has 214 valence electrons. The Morgan fingerprint density at radius 3 is 1.30 bits per heavy atom. The number of aromatic nitrogens is 2. The molecule has 0 unspecified atom stereocenters. The van der Waals surface area contributed by atoms with Crippen molar-refractivity contribution in [1.29, 1.82) is 0 Å². The lowest BCUT2D eigenvalue weighted by molar-refractivity contribution is 0.465. The van der Waals surface area contributed by atoms with Crippen molar-refractivity contribution in [3.63, 3.8) is 0 Å². The first-order valence-corrected chi connectivity index (χ1v) is 16.2. The Kier molecular flexibility index (Phi) is 3.75. The van der Waals surface area contributed by atoms with E-state index in [-0.39, 0.29) is 6.71 Å². The van der Waals surface area contributed by atoms with E-state index >= 15 is 0 Å². The molecule has 0 N–H and O–H groups in total. The molecule has 2 aliphatic rings. The molecule has 0 bridgehead atoms. The van der Waals surface area contributed by atoms with E-state index in [1.807, 2.05) is 6.07 Å². The van der Waals surface area contributed by atoms with Crippen molar-refractivity contribution < 1.29 is 9.47 Å². The molecule has 7 aromatic carbocycles. The van der Waals surface area contributed by atoms with E-state index in [2.05, 4.69) is 130 Å². The van der Waals surface area contributed by atoms with Crippen molar-refractivity contribution in [2.45, 2.75) is 0 Å². The Labute approximate surface area is 267 Å². The first-order chi connectivity index (χ1) is 23.3. The van der Waals surface area contributed by atoms with Gasteiger partial charge in [0.1, 0.15) is 23.0 Å². The van der Waals surface area contributed by atoms with Crippen molar-refractivity contribution in [3.8, 4) is 23.0 Å². The standard InChI is InChI=1S/C42H21BN2O2/c1-3-14-32-22(8-1)24-10-5-12-26-28-18-38-30(20-34(28)44(32)41(24)26)43-31-21-35-29(19-39(31)47-37-17-7-16-36(46-38)40(37)43)27-13-6-11-25-23-9-2-4-15-33(23)45(35)42(25)27/h1-21H. The van der Waals surface area contributed by atoms with E-state index in [0.29, 0.717) is 0 Å². The fourth-order valence-corrected chi connectivity index (χ4v) is 9.27. The number of benzene rings is 7. The summed E-state index contributed by atoms with van der Waals surface area (Å²) in [6.45, 7) is -0.0358. The summed E-state index contributed by atoms with van der Waals surface area (Å²) in [5, 5.41) is 10.1. The normalized spacial score (nSPS) is 13.8. The molecule has 0 amide bonds. The van der Waals surface area contributed by atoms with Crippen molar-refractivity contribution in [3.05, 3.63) is 127 Å². The lowest BCUT2D eigenvalue weighted by Crippen LogP contribution is -2.57. The van der Waals surface area contributed by atoms with Crippen LogP contribution in [-0.4, -0.2) is 15.5 Å². The van der Waals surface area contributed by atoms with Crippen LogP contribution in [0.25, 0.3) is 76.2 Å². The van der Waals surface area contributed by atoms with Crippen molar-refractivity contribution in [2.75, 3.05) is 0 Å². The second-order valence-corrected chi connectivity index (χ2v) is 13.2. The quantitative estimate of drug-likeness (QED) is 0.164. The van der Waals surface area contributed by atoms with E-state index in [0.717, 1.165) is 28.5 Å². The van der Waals surface area contributed by atoms with Crippen LogP contribution in [0.4, 0.5) is 0 Å². The number of rotatable bonds is 0. The molecule has 0 atom stereocenters. The number of para-hydroxylation sites is 4. The number of nitrogens with zero attached hydrogens (tertiary/aromatic N) is 2. The topological polar surface area (TPSA) is 27.3 Å². The second kappa shape index (κ2) is 7.60. The number of hydrogen-bond donors (Lipinski definition) is 0. The summed E-state index contributed by atoms with van der Waals surface area (Å²) >= 11 is 0. The molecular weight excluding hydrogens is 575 g/mol. The van der Waals surface area contributed by atoms with Gasteiger partial charge in [0.15, 0.2) is 0 Å². The summed E-state index contributed by atoms with van der Waals surface area (Å²) in [6.07, 6.45) is 0. The summed E-state index contributed by atoms with van der Waals surface area (Å²) in [6, 6.07) is 46.4.